The topological polar surface area (TPSA) is 104 Å². The molecule has 0 fully saturated rings. The van der Waals surface area contributed by atoms with Crippen molar-refractivity contribution in [2.24, 2.45) is 0 Å². The highest BCUT2D eigenvalue weighted by Gasteiger charge is 2.18. The summed E-state index contributed by atoms with van der Waals surface area (Å²) < 4.78 is 5.60. The lowest BCUT2D eigenvalue weighted by atomic mass is 9.87. The molecule has 0 bridgehead atoms. The second-order valence-electron chi connectivity index (χ2n) is 7.39. The number of rotatable bonds is 6. The van der Waals surface area contributed by atoms with Gasteiger partial charge in [-0.15, -0.1) is 16.4 Å². The van der Waals surface area contributed by atoms with Gasteiger partial charge in [0.25, 0.3) is 5.89 Å². The molecule has 8 heteroatoms. The molecular weight excluding hydrogens is 364 g/mol. The van der Waals surface area contributed by atoms with E-state index in [1.807, 2.05) is 6.92 Å². The average molecular weight is 388 g/mol. The third kappa shape index (κ3) is 4.52. The Balaban J connectivity index is 1.80. The molecule has 0 saturated heterocycles. The van der Waals surface area contributed by atoms with Gasteiger partial charge < -0.3 is 19.9 Å². The minimum Gasteiger partial charge on any atom is -0.402 e. The zero-order valence-corrected chi connectivity index (χ0v) is 16.7. The number of aliphatic hydroxyl groups is 2. The van der Waals surface area contributed by atoms with Crippen LogP contribution in [0.1, 0.15) is 32.0 Å². The van der Waals surface area contributed by atoms with E-state index < -0.39 is 6.10 Å². The van der Waals surface area contributed by atoms with E-state index in [0.717, 1.165) is 21.1 Å². The van der Waals surface area contributed by atoms with E-state index in [0.29, 0.717) is 5.89 Å². The fourth-order valence-electron chi connectivity index (χ4n) is 2.49. The van der Waals surface area contributed by atoms with Gasteiger partial charge in [-0.3, -0.25) is 0 Å². The van der Waals surface area contributed by atoms with Crippen LogP contribution in [0.5, 0.6) is 0 Å². The van der Waals surface area contributed by atoms with Gasteiger partial charge in [-0.05, 0) is 17.9 Å². The number of nitrogens with one attached hydrogen (secondary N) is 1. The molecule has 2 heterocycles. The Kier molecular flexibility index (Phi) is 5.59. The van der Waals surface area contributed by atoms with Gasteiger partial charge in [0.2, 0.25) is 0 Å². The largest absolute Gasteiger partial charge is 0.402 e. The molecule has 0 aliphatic rings. The van der Waals surface area contributed by atoms with Gasteiger partial charge in [-0.2, -0.15) is 0 Å². The molecule has 0 radical (unpaired) electrons. The normalized spacial score (nSPS) is 13.0. The van der Waals surface area contributed by atoms with Gasteiger partial charge in [-0.25, -0.2) is 4.98 Å². The summed E-state index contributed by atoms with van der Waals surface area (Å²) in [6, 6.07) is 8.63. The van der Waals surface area contributed by atoms with Crippen molar-refractivity contribution in [3.63, 3.8) is 0 Å². The number of thiazole rings is 1. The van der Waals surface area contributed by atoms with Gasteiger partial charge in [0.05, 0.1) is 18.4 Å². The Morgan fingerprint density at radius 2 is 1.89 bits per heavy atom. The molecule has 1 aromatic carbocycles. The predicted octanol–water partition coefficient (Wildman–Crippen LogP) is 3.23. The minimum absolute atomic E-state index is 0.110. The summed E-state index contributed by atoms with van der Waals surface area (Å²) in [4.78, 5) is 5.46. The van der Waals surface area contributed by atoms with Crippen LogP contribution in [0.15, 0.2) is 28.7 Å². The zero-order valence-electron chi connectivity index (χ0n) is 15.9. The number of nitrogens with zero attached hydrogens (tertiary/aromatic N) is 3. The van der Waals surface area contributed by atoms with Crippen LogP contribution in [0.3, 0.4) is 0 Å². The van der Waals surface area contributed by atoms with Gasteiger partial charge in [0.1, 0.15) is 9.88 Å². The van der Waals surface area contributed by atoms with E-state index in [-0.39, 0.29) is 24.6 Å². The van der Waals surface area contributed by atoms with E-state index in [1.165, 1.54) is 16.9 Å². The number of aliphatic hydroxyl groups excluding tert-OH is 2. The summed E-state index contributed by atoms with van der Waals surface area (Å²) >= 11 is 1.50. The molecule has 27 heavy (non-hydrogen) atoms. The van der Waals surface area contributed by atoms with Crippen LogP contribution in [0, 0.1) is 6.92 Å². The maximum absolute atomic E-state index is 9.38. The standard InChI is InChI=1S/C19H24N4O3S/c1-11-15(16-22-23-18(26-16)20-9-14(25)10-24)27-17(21-11)12-5-7-13(8-6-12)19(2,3)4/h5-8,14,24-25H,9-10H2,1-4H3,(H,20,23). The highest BCUT2D eigenvalue weighted by atomic mass is 32.1. The Hall–Kier alpha value is -2.29. The number of hydrogen-bond donors (Lipinski definition) is 3. The van der Waals surface area contributed by atoms with E-state index in [1.54, 1.807) is 0 Å². The Bertz CT molecular complexity index is 897. The van der Waals surface area contributed by atoms with Gasteiger partial charge in [0, 0.05) is 12.1 Å². The Labute approximate surface area is 162 Å². The molecular formula is C19H24N4O3S. The number of aromatic nitrogens is 3. The molecule has 0 aliphatic carbocycles. The van der Waals surface area contributed by atoms with Crippen molar-refractivity contribution in [1.29, 1.82) is 0 Å². The molecule has 3 rings (SSSR count). The van der Waals surface area contributed by atoms with Crippen molar-refractivity contribution >= 4 is 17.4 Å². The van der Waals surface area contributed by atoms with Crippen molar-refractivity contribution in [3.8, 4) is 21.3 Å². The van der Waals surface area contributed by atoms with Crippen molar-refractivity contribution in [1.82, 2.24) is 15.2 Å². The lowest BCUT2D eigenvalue weighted by Crippen LogP contribution is -2.23. The van der Waals surface area contributed by atoms with Crippen LogP contribution in [0.4, 0.5) is 6.01 Å². The molecule has 0 aliphatic heterocycles. The summed E-state index contributed by atoms with van der Waals surface area (Å²) in [7, 11) is 0. The van der Waals surface area contributed by atoms with Crippen LogP contribution in [-0.4, -0.2) is 44.7 Å². The van der Waals surface area contributed by atoms with E-state index in [2.05, 4.69) is 65.5 Å². The third-order valence-electron chi connectivity index (χ3n) is 4.11. The molecule has 1 atom stereocenters. The number of aryl methyl sites for hydroxylation is 1. The first-order valence-electron chi connectivity index (χ1n) is 8.73. The molecule has 1 unspecified atom stereocenters. The number of hydrogen-bond acceptors (Lipinski definition) is 8. The summed E-state index contributed by atoms with van der Waals surface area (Å²) in [5.41, 5.74) is 3.25. The van der Waals surface area contributed by atoms with Crippen molar-refractivity contribution in [2.45, 2.75) is 39.2 Å². The SMILES string of the molecule is Cc1nc(-c2ccc(C(C)(C)C)cc2)sc1-c1nnc(NCC(O)CO)o1. The van der Waals surface area contributed by atoms with Crippen molar-refractivity contribution in [2.75, 3.05) is 18.5 Å². The number of anilines is 1. The average Bonchev–Trinajstić information content (AvgIpc) is 3.25. The first kappa shape index (κ1) is 19.5. The van der Waals surface area contributed by atoms with Gasteiger partial charge in [-0.1, -0.05) is 50.1 Å². The molecule has 144 valence electrons. The van der Waals surface area contributed by atoms with Gasteiger partial charge in [0.15, 0.2) is 0 Å². The molecule has 0 amide bonds. The lowest BCUT2D eigenvalue weighted by Gasteiger charge is -2.18. The summed E-state index contributed by atoms with van der Waals surface area (Å²) in [5.74, 6) is 0.378. The van der Waals surface area contributed by atoms with E-state index in [4.69, 9.17) is 9.52 Å². The number of benzene rings is 1. The lowest BCUT2D eigenvalue weighted by molar-refractivity contribution is 0.105. The summed E-state index contributed by atoms with van der Waals surface area (Å²) in [6.07, 6.45) is -0.881. The molecule has 0 saturated carbocycles. The Morgan fingerprint density at radius 1 is 1.19 bits per heavy atom. The second-order valence-corrected chi connectivity index (χ2v) is 8.39. The molecule has 7 nitrogen and oxygen atoms in total. The van der Waals surface area contributed by atoms with Crippen LogP contribution in [0.25, 0.3) is 21.3 Å². The molecule has 3 aromatic rings. The molecule has 2 aromatic heterocycles. The minimum atomic E-state index is -0.881. The van der Waals surface area contributed by atoms with Crippen molar-refractivity contribution < 1.29 is 14.6 Å². The first-order valence-corrected chi connectivity index (χ1v) is 9.54. The fraction of sp³-hybridized carbons (Fsp3) is 0.421. The van der Waals surface area contributed by atoms with Crippen LogP contribution < -0.4 is 5.32 Å². The Morgan fingerprint density at radius 3 is 2.52 bits per heavy atom. The first-order chi connectivity index (χ1) is 12.8. The van der Waals surface area contributed by atoms with Gasteiger partial charge >= 0.3 is 6.01 Å². The monoisotopic (exact) mass is 388 g/mol. The quantitative estimate of drug-likeness (QED) is 0.595. The van der Waals surface area contributed by atoms with E-state index >= 15 is 0 Å². The highest BCUT2D eigenvalue weighted by molar-refractivity contribution is 7.18. The smallest absolute Gasteiger partial charge is 0.315 e. The van der Waals surface area contributed by atoms with E-state index in [9.17, 15) is 5.11 Å². The van der Waals surface area contributed by atoms with Crippen LogP contribution >= 0.6 is 11.3 Å². The van der Waals surface area contributed by atoms with Crippen molar-refractivity contribution in [3.05, 3.63) is 35.5 Å². The maximum atomic E-state index is 9.38. The fourth-order valence-corrected chi connectivity index (χ4v) is 3.48. The predicted molar refractivity (Wildman–Crippen MR) is 106 cm³/mol. The zero-order chi connectivity index (χ0) is 19.6. The molecule has 3 N–H and O–H groups in total. The molecule has 0 spiro atoms. The second kappa shape index (κ2) is 7.75. The third-order valence-corrected chi connectivity index (χ3v) is 5.31. The summed E-state index contributed by atoms with van der Waals surface area (Å²) in [6.45, 7) is 8.27. The maximum Gasteiger partial charge on any atom is 0.315 e. The summed E-state index contributed by atoms with van der Waals surface area (Å²) in [5, 5.41) is 29.9. The van der Waals surface area contributed by atoms with Crippen LogP contribution in [-0.2, 0) is 5.41 Å². The highest BCUT2D eigenvalue weighted by Crippen LogP contribution is 2.35. The van der Waals surface area contributed by atoms with Crippen LogP contribution in [0.2, 0.25) is 0 Å².